The van der Waals surface area contributed by atoms with Crippen LogP contribution in [0, 0.1) is 12.7 Å². The van der Waals surface area contributed by atoms with Crippen LogP contribution in [-0.2, 0) is 0 Å². The summed E-state index contributed by atoms with van der Waals surface area (Å²) in [5.74, 6) is 0.608. The van der Waals surface area contributed by atoms with Crippen LogP contribution in [0.5, 0.6) is 0 Å². The van der Waals surface area contributed by atoms with E-state index < -0.39 is 0 Å². The van der Waals surface area contributed by atoms with Gasteiger partial charge in [0.05, 0.1) is 16.8 Å². The van der Waals surface area contributed by atoms with Crippen molar-refractivity contribution < 1.29 is 13.6 Å². The summed E-state index contributed by atoms with van der Waals surface area (Å²) < 4.78 is 19.3. The van der Waals surface area contributed by atoms with Crippen molar-refractivity contribution in [3.05, 3.63) is 71.5 Å². The molecule has 2 aromatic heterocycles. The zero-order chi connectivity index (χ0) is 20.0. The van der Waals surface area contributed by atoms with Gasteiger partial charge in [-0.2, -0.15) is 0 Å². The van der Waals surface area contributed by atoms with Crippen molar-refractivity contribution in [1.29, 1.82) is 0 Å². The third-order valence-corrected chi connectivity index (χ3v) is 5.64. The average Bonchev–Trinajstić information content (AvgIpc) is 3.17. The molecule has 1 amide bonds. The number of rotatable bonds is 2. The summed E-state index contributed by atoms with van der Waals surface area (Å²) in [6.45, 7) is 3.08. The van der Waals surface area contributed by atoms with Crippen LogP contribution in [0.25, 0.3) is 22.0 Å². The maximum atomic E-state index is 13.4. The first-order valence-corrected chi connectivity index (χ1v) is 9.80. The first-order valence-electron chi connectivity index (χ1n) is 9.80. The Morgan fingerprint density at radius 1 is 1.07 bits per heavy atom. The van der Waals surface area contributed by atoms with Crippen molar-refractivity contribution in [2.45, 2.75) is 25.7 Å². The van der Waals surface area contributed by atoms with Crippen LogP contribution in [0.15, 0.2) is 52.9 Å². The summed E-state index contributed by atoms with van der Waals surface area (Å²) in [5.41, 5.74) is 3.43. The second-order valence-corrected chi connectivity index (χ2v) is 7.54. The lowest BCUT2D eigenvalue weighted by molar-refractivity contribution is 0.0705. The van der Waals surface area contributed by atoms with Crippen LogP contribution in [-0.4, -0.2) is 33.9 Å². The second-order valence-electron chi connectivity index (χ2n) is 7.54. The highest BCUT2D eigenvalue weighted by Gasteiger charge is 2.28. The molecule has 0 N–H and O–H groups in total. The molecule has 0 spiro atoms. The van der Waals surface area contributed by atoms with E-state index >= 15 is 0 Å². The highest BCUT2D eigenvalue weighted by Crippen LogP contribution is 2.31. The van der Waals surface area contributed by atoms with Crippen LogP contribution in [0.1, 0.15) is 40.7 Å². The molecule has 29 heavy (non-hydrogen) atoms. The van der Waals surface area contributed by atoms with Crippen molar-refractivity contribution in [3.63, 3.8) is 0 Å². The van der Waals surface area contributed by atoms with E-state index in [9.17, 15) is 9.18 Å². The number of para-hydroxylation sites is 2. The minimum atomic E-state index is -0.329. The van der Waals surface area contributed by atoms with E-state index in [1.165, 1.54) is 12.1 Å². The lowest BCUT2D eigenvalue weighted by Crippen LogP contribution is -2.38. The van der Waals surface area contributed by atoms with Gasteiger partial charge >= 0.3 is 0 Å². The maximum absolute atomic E-state index is 13.4. The molecule has 2 aromatic carbocycles. The Balaban J connectivity index is 1.34. The Morgan fingerprint density at radius 3 is 2.66 bits per heavy atom. The summed E-state index contributed by atoms with van der Waals surface area (Å²) >= 11 is 0. The number of piperidine rings is 1. The summed E-state index contributed by atoms with van der Waals surface area (Å²) in [6.07, 6.45) is 1.62. The van der Waals surface area contributed by atoms with Crippen molar-refractivity contribution in [1.82, 2.24) is 14.9 Å². The Morgan fingerprint density at radius 2 is 1.86 bits per heavy atom. The normalized spacial score (nSPS) is 15.3. The number of aromatic nitrogens is 2. The van der Waals surface area contributed by atoms with Crippen LogP contribution < -0.4 is 0 Å². The number of fused-ring (bicyclic) bond motifs is 2. The van der Waals surface area contributed by atoms with Gasteiger partial charge in [-0.25, -0.2) is 9.37 Å². The lowest BCUT2D eigenvalue weighted by Gasteiger charge is -2.31. The van der Waals surface area contributed by atoms with Gasteiger partial charge in [-0.3, -0.25) is 9.78 Å². The SMILES string of the molecule is Cc1nc2cc(F)ccc2cc1C(=O)N1CCC(c2nc3ccccc3o2)CC1. The summed E-state index contributed by atoms with van der Waals surface area (Å²) in [5, 5.41) is 0.765. The smallest absolute Gasteiger partial charge is 0.255 e. The minimum absolute atomic E-state index is 0.0303. The zero-order valence-corrected chi connectivity index (χ0v) is 16.1. The molecule has 0 bridgehead atoms. The van der Waals surface area contributed by atoms with Crippen molar-refractivity contribution in [3.8, 4) is 0 Å². The molecule has 1 aliphatic heterocycles. The number of likely N-dealkylation sites (tertiary alicyclic amines) is 1. The molecule has 6 heteroatoms. The first kappa shape index (κ1) is 17.8. The van der Waals surface area contributed by atoms with E-state index in [0.717, 1.165) is 35.2 Å². The van der Waals surface area contributed by atoms with E-state index in [0.29, 0.717) is 29.9 Å². The molecule has 0 saturated carbocycles. The van der Waals surface area contributed by atoms with Gasteiger partial charge in [-0.1, -0.05) is 12.1 Å². The summed E-state index contributed by atoms with van der Waals surface area (Å²) in [6, 6.07) is 14.0. The van der Waals surface area contributed by atoms with Gasteiger partial charge in [0.25, 0.3) is 5.91 Å². The number of benzene rings is 2. The molecule has 0 aliphatic carbocycles. The molecule has 0 unspecified atom stereocenters. The second kappa shape index (κ2) is 6.95. The van der Waals surface area contributed by atoms with E-state index in [-0.39, 0.29) is 17.6 Å². The Labute approximate surface area is 167 Å². The summed E-state index contributed by atoms with van der Waals surface area (Å²) in [7, 11) is 0. The van der Waals surface area contributed by atoms with Crippen molar-refractivity contribution in [2.24, 2.45) is 0 Å². The van der Waals surface area contributed by atoms with Gasteiger partial charge < -0.3 is 9.32 Å². The van der Waals surface area contributed by atoms with Crippen LogP contribution in [0.2, 0.25) is 0 Å². The van der Waals surface area contributed by atoms with Gasteiger partial charge in [0.1, 0.15) is 11.3 Å². The molecule has 0 radical (unpaired) electrons. The zero-order valence-electron chi connectivity index (χ0n) is 16.1. The fourth-order valence-electron chi connectivity index (χ4n) is 4.02. The third kappa shape index (κ3) is 3.24. The number of carbonyl (C=O) groups is 1. The molecule has 1 aliphatic rings. The van der Waals surface area contributed by atoms with Crippen molar-refractivity contribution in [2.75, 3.05) is 13.1 Å². The van der Waals surface area contributed by atoms with Gasteiger partial charge in [0, 0.05) is 30.5 Å². The Hall–Kier alpha value is -3.28. The van der Waals surface area contributed by atoms with E-state index in [4.69, 9.17) is 4.42 Å². The lowest BCUT2D eigenvalue weighted by atomic mass is 9.96. The summed E-state index contributed by atoms with van der Waals surface area (Å²) in [4.78, 5) is 24.0. The van der Waals surface area contributed by atoms with Gasteiger partial charge in [0.15, 0.2) is 11.5 Å². The standard InChI is InChI=1S/C23H20FN3O2/c1-14-18(12-16-6-7-17(24)13-20(16)25-14)23(28)27-10-8-15(9-11-27)22-26-19-4-2-3-5-21(19)29-22/h2-7,12-13,15H,8-11H2,1H3. The fraction of sp³-hybridized carbons (Fsp3) is 0.261. The monoisotopic (exact) mass is 389 g/mol. The predicted octanol–water partition coefficient (Wildman–Crippen LogP) is 4.84. The number of hydrogen-bond acceptors (Lipinski definition) is 4. The Bertz CT molecular complexity index is 1190. The van der Waals surface area contributed by atoms with Gasteiger partial charge in [-0.15, -0.1) is 0 Å². The number of nitrogens with zero attached hydrogens (tertiary/aromatic N) is 3. The molecule has 4 aromatic rings. The van der Waals surface area contributed by atoms with Crippen LogP contribution >= 0.6 is 0 Å². The average molecular weight is 389 g/mol. The number of halogens is 1. The largest absolute Gasteiger partial charge is 0.440 e. The minimum Gasteiger partial charge on any atom is -0.440 e. The van der Waals surface area contributed by atoms with E-state index in [1.54, 1.807) is 13.0 Å². The van der Waals surface area contributed by atoms with Crippen molar-refractivity contribution >= 4 is 27.9 Å². The molecule has 146 valence electrons. The van der Waals surface area contributed by atoms with Gasteiger partial charge in [0.2, 0.25) is 0 Å². The molecular weight excluding hydrogens is 369 g/mol. The van der Waals surface area contributed by atoms with E-state index in [1.807, 2.05) is 35.2 Å². The molecule has 0 atom stereocenters. The number of aryl methyl sites for hydroxylation is 1. The highest BCUT2D eigenvalue weighted by molar-refractivity contribution is 5.98. The predicted molar refractivity (Wildman–Crippen MR) is 108 cm³/mol. The number of amides is 1. The number of carbonyl (C=O) groups excluding carboxylic acids is 1. The number of hydrogen-bond donors (Lipinski definition) is 0. The Kier molecular flexibility index (Phi) is 4.27. The number of pyridine rings is 1. The molecule has 3 heterocycles. The topological polar surface area (TPSA) is 59.2 Å². The first-order chi connectivity index (χ1) is 14.1. The van der Waals surface area contributed by atoms with Crippen LogP contribution in [0.4, 0.5) is 4.39 Å². The maximum Gasteiger partial charge on any atom is 0.255 e. The molecule has 1 saturated heterocycles. The van der Waals surface area contributed by atoms with Crippen LogP contribution in [0.3, 0.4) is 0 Å². The number of oxazole rings is 1. The fourth-order valence-corrected chi connectivity index (χ4v) is 4.02. The quantitative estimate of drug-likeness (QED) is 0.492. The molecule has 5 nitrogen and oxygen atoms in total. The molecule has 1 fully saturated rings. The van der Waals surface area contributed by atoms with E-state index in [2.05, 4.69) is 9.97 Å². The molecule has 5 rings (SSSR count). The highest BCUT2D eigenvalue weighted by atomic mass is 19.1. The molecular formula is C23H20FN3O2. The van der Waals surface area contributed by atoms with Gasteiger partial charge in [-0.05, 0) is 50.1 Å². The third-order valence-electron chi connectivity index (χ3n) is 5.64.